The van der Waals surface area contributed by atoms with E-state index in [4.69, 9.17) is 9.47 Å². The van der Waals surface area contributed by atoms with Gasteiger partial charge in [-0.2, -0.15) is 0 Å². The molecular formula is C24H33NO3. The molecule has 1 amide bonds. The monoisotopic (exact) mass is 383 g/mol. The molecule has 2 unspecified atom stereocenters. The van der Waals surface area contributed by atoms with Gasteiger partial charge in [0.15, 0.2) is 6.10 Å². The molecule has 0 heterocycles. The van der Waals surface area contributed by atoms with Crippen molar-refractivity contribution < 1.29 is 14.3 Å². The summed E-state index contributed by atoms with van der Waals surface area (Å²) in [5.41, 5.74) is 1.82. The van der Waals surface area contributed by atoms with Crippen molar-refractivity contribution in [2.45, 2.75) is 65.4 Å². The van der Waals surface area contributed by atoms with Crippen molar-refractivity contribution in [3.63, 3.8) is 0 Å². The van der Waals surface area contributed by atoms with Crippen LogP contribution in [0.4, 0.5) is 5.69 Å². The fraction of sp³-hybridized carbons (Fsp3) is 0.458. The highest BCUT2D eigenvalue weighted by Gasteiger charge is 2.22. The van der Waals surface area contributed by atoms with Crippen LogP contribution in [-0.4, -0.2) is 18.6 Å². The Bertz CT molecular complexity index is 744. The Balaban J connectivity index is 2.11. The topological polar surface area (TPSA) is 47.6 Å². The molecule has 0 saturated heterocycles. The first kappa shape index (κ1) is 21.8. The molecule has 0 saturated carbocycles. The number of hydrogen-bond donors (Lipinski definition) is 1. The number of para-hydroxylation sites is 3. The lowest BCUT2D eigenvalue weighted by atomic mass is 9.98. The van der Waals surface area contributed by atoms with Gasteiger partial charge in [-0.15, -0.1) is 0 Å². The zero-order valence-electron chi connectivity index (χ0n) is 17.5. The lowest BCUT2D eigenvalue weighted by Crippen LogP contribution is -2.32. The summed E-state index contributed by atoms with van der Waals surface area (Å²) in [5.74, 6) is 1.70. The predicted octanol–water partition coefficient (Wildman–Crippen LogP) is 6.18. The summed E-state index contributed by atoms with van der Waals surface area (Å²) in [4.78, 5) is 12.9. The standard InChI is InChI=1S/C24H33NO3/c1-5-8-17-27-23-16-12-10-14-20(23)25-24(26)21(7-3)28-22-15-11-9-13-19(22)18(4)6-2/h9-16,18,21H,5-8,17H2,1-4H3,(H,25,26). The number of carbonyl (C=O) groups excluding carboxylic acids is 1. The molecule has 4 heteroatoms. The van der Waals surface area contributed by atoms with Gasteiger partial charge in [-0.3, -0.25) is 4.79 Å². The molecule has 0 aliphatic rings. The lowest BCUT2D eigenvalue weighted by Gasteiger charge is -2.22. The first-order valence-corrected chi connectivity index (χ1v) is 10.4. The fourth-order valence-electron chi connectivity index (χ4n) is 2.93. The Kier molecular flexibility index (Phi) is 8.86. The first-order chi connectivity index (χ1) is 13.6. The third kappa shape index (κ3) is 6.01. The first-order valence-electron chi connectivity index (χ1n) is 10.4. The van der Waals surface area contributed by atoms with Crippen LogP contribution in [0.2, 0.25) is 0 Å². The average Bonchev–Trinajstić information content (AvgIpc) is 2.73. The van der Waals surface area contributed by atoms with Crippen molar-refractivity contribution >= 4 is 11.6 Å². The molecular weight excluding hydrogens is 350 g/mol. The Labute approximate surface area is 169 Å². The largest absolute Gasteiger partial charge is 0.491 e. The van der Waals surface area contributed by atoms with E-state index in [0.717, 1.165) is 30.6 Å². The van der Waals surface area contributed by atoms with Gasteiger partial charge >= 0.3 is 0 Å². The maximum absolute atomic E-state index is 12.9. The van der Waals surface area contributed by atoms with Crippen molar-refractivity contribution in [1.29, 1.82) is 0 Å². The summed E-state index contributed by atoms with van der Waals surface area (Å²) in [5, 5.41) is 2.98. The van der Waals surface area contributed by atoms with Crippen LogP contribution in [0.3, 0.4) is 0 Å². The SMILES string of the molecule is CCCCOc1ccccc1NC(=O)C(CC)Oc1ccccc1C(C)CC. The van der Waals surface area contributed by atoms with E-state index in [1.807, 2.05) is 49.4 Å². The van der Waals surface area contributed by atoms with Crippen LogP contribution in [0.5, 0.6) is 11.5 Å². The maximum Gasteiger partial charge on any atom is 0.265 e. The number of ether oxygens (including phenoxy) is 2. The van der Waals surface area contributed by atoms with Crippen LogP contribution < -0.4 is 14.8 Å². The maximum atomic E-state index is 12.9. The van der Waals surface area contributed by atoms with Crippen LogP contribution >= 0.6 is 0 Å². The van der Waals surface area contributed by atoms with Gasteiger partial charge in [0.25, 0.3) is 5.91 Å². The second kappa shape index (κ2) is 11.4. The summed E-state index contributed by atoms with van der Waals surface area (Å²) < 4.78 is 12.0. The number of amides is 1. The normalized spacial score (nSPS) is 12.9. The summed E-state index contributed by atoms with van der Waals surface area (Å²) in [7, 11) is 0. The minimum absolute atomic E-state index is 0.159. The molecule has 0 aliphatic heterocycles. The van der Waals surface area contributed by atoms with Crippen LogP contribution in [0.1, 0.15) is 64.9 Å². The van der Waals surface area contributed by atoms with Crippen molar-refractivity contribution in [2.75, 3.05) is 11.9 Å². The third-order valence-corrected chi connectivity index (χ3v) is 4.90. The third-order valence-electron chi connectivity index (χ3n) is 4.90. The molecule has 0 fully saturated rings. The van der Waals surface area contributed by atoms with Crippen molar-refractivity contribution in [1.82, 2.24) is 0 Å². The van der Waals surface area contributed by atoms with Gasteiger partial charge in [0, 0.05) is 0 Å². The Morgan fingerprint density at radius 3 is 2.32 bits per heavy atom. The zero-order chi connectivity index (χ0) is 20.4. The molecule has 2 atom stereocenters. The molecule has 0 bridgehead atoms. The lowest BCUT2D eigenvalue weighted by molar-refractivity contribution is -0.122. The molecule has 0 spiro atoms. The minimum Gasteiger partial charge on any atom is -0.491 e. The molecule has 152 valence electrons. The summed E-state index contributed by atoms with van der Waals surface area (Å²) in [6.07, 6.45) is 3.09. The van der Waals surface area contributed by atoms with Gasteiger partial charge in [-0.1, -0.05) is 64.4 Å². The molecule has 0 radical (unpaired) electrons. The van der Waals surface area contributed by atoms with Crippen LogP contribution in [0.15, 0.2) is 48.5 Å². The van der Waals surface area contributed by atoms with Crippen molar-refractivity contribution in [2.24, 2.45) is 0 Å². The average molecular weight is 384 g/mol. The van der Waals surface area contributed by atoms with E-state index in [9.17, 15) is 4.79 Å². The van der Waals surface area contributed by atoms with Crippen molar-refractivity contribution in [3.8, 4) is 11.5 Å². The highest BCUT2D eigenvalue weighted by molar-refractivity contribution is 5.95. The second-order valence-corrected chi connectivity index (χ2v) is 7.05. The Hall–Kier alpha value is -2.49. The highest BCUT2D eigenvalue weighted by atomic mass is 16.5. The van der Waals surface area contributed by atoms with Gasteiger partial charge in [0.05, 0.1) is 12.3 Å². The number of carbonyl (C=O) groups is 1. The summed E-state index contributed by atoms with van der Waals surface area (Å²) >= 11 is 0. The number of nitrogens with one attached hydrogen (secondary N) is 1. The van der Waals surface area contributed by atoms with Crippen molar-refractivity contribution in [3.05, 3.63) is 54.1 Å². The smallest absolute Gasteiger partial charge is 0.265 e. The number of rotatable bonds is 11. The second-order valence-electron chi connectivity index (χ2n) is 7.05. The molecule has 2 rings (SSSR count). The number of hydrogen-bond acceptors (Lipinski definition) is 3. The van der Waals surface area contributed by atoms with Gasteiger partial charge in [-0.25, -0.2) is 0 Å². The number of anilines is 1. The Morgan fingerprint density at radius 2 is 1.64 bits per heavy atom. The molecule has 2 aromatic rings. The van der Waals surface area contributed by atoms with E-state index in [1.54, 1.807) is 0 Å². The van der Waals surface area contributed by atoms with Gasteiger partial charge in [0.2, 0.25) is 0 Å². The fourth-order valence-corrected chi connectivity index (χ4v) is 2.93. The molecule has 4 nitrogen and oxygen atoms in total. The highest BCUT2D eigenvalue weighted by Crippen LogP contribution is 2.30. The van der Waals surface area contributed by atoms with E-state index < -0.39 is 6.10 Å². The summed E-state index contributed by atoms with van der Waals surface area (Å²) in [6.45, 7) is 9.05. The van der Waals surface area contributed by atoms with Gasteiger partial charge < -0.3 is 14.8 Å². The van der Waals surface area contributed by atoms with Gasteiger partial charge in [0.1, 0.15) is 11.5 Å². The number of unbranched alkanes of at least 4 members (excludes halogenated alkanes) is 1. The van der Waals surface area contributed by atoms with E-state index in [-0.39, 0.29) is 5.91 Å². The van der Waals surface area contributed by atoms with Crippen LogP contribution in [0.25, 0.3) is 0 Å². The predicted molar refractivity (Wildman–Crippen MR) is 115 cm³/mol. The van der Waals surface area contributed by atoms with E-state index in [2.05, 4.69) is 32.2 Å². The van der Waals surface area contributed by atoms with E-state index in [1.165, 1.54) is 0 Å². The molecule has 1 N–H and O–H groups in total. The Morgan fingerprint density at radius 1 is 0.964 bits per heavy atom. The van der Waals surface area contributed by atoms with Crippen LogP contribution in [-0.2, 0) is 4.79 Å². The molecule has 0 aromatic heterocycles. The molecule has 0 aliphatic carbocycles. The van der Waals surface area contributed by atoms with E-state index >= 15 is 0 Å². The zero-order valence-corrected chi connectivity index (χ0v) is 17.5. The summed E-state index contributed by atoms with van der Waals surface area (Å²) in [6, 6.07) is 15.5. The molecule has 28 heavy (non-hydrogen) atoms. The quantitative estimate of drug-likeness (QED) is 0.472. The van der Waals surface area contributed by atoms with Gasteiger partial charge in [-0.05, 0) is 48.9 Å². The van der Waals surface area contributed by atoms with E-state index in [0.29, 0.717) is 30.4 Å². The molecule has 2 aromatic carbocycles. The minimum atomic E-state index is -0.561. The number of benzene rings is 2. The van der Waals surface area contributed by atoms with Crippen LogP contribution in [0, 0.1) is 0 Å².